The van der Waals surface area contributed by atoms with E-state index in [-0.39, 0.29) is 17.5 Å². The number of ether oxygens (including phenoxy) is 2. The third-order valence-corrected chi connectivity index (χ3v) is 6.47. The van der Waals surface area contributed by atoms with E-state index in [1.54, 1.807) is 0 Å². The molecule has 0 aromatic heterocycles. The predicted molar refractivity (Wildman–Crippen MR) is 112 cm³/mol. The summed E-state index contributed by atoms with van der Waals surface area (Å²) in [5.74, 6) is 0.0416. The van der Waals surface area contributed by atoms with Gasteiger partial charge in [-0.25, -0.2) is 0 Å². The van der Waals surface area contributed by atoms with Gasteiger partial charge >= 0.3 is 5.97 Å². The molecule has 0 radical (unpaired) electrons. The molecule has 0 amide bonds. The molecule has 1 saturated heterocycles. The fraction of sp³-hybridized carbons (Fsp3) is 0.875. The molecule has 1 heterocycles. The maximum Gasteiger partial charge on any atom is 0.308 e. The molecule has 1 saturated carbocycles. The van der Waals surface area contributed by atoms with Crippen LogP contribution in [0.5, 0.6) is 0 Å². The lowest BCUT2D eigenvalue weighted by Crippen LogP contribution is -2.28. The van der Waals surface area contributed by atoms with Gasteiger partial charge < -0.3 is 9.47 Å². The minimum Gasteiger partial charge on any atom is -0.469 e. The minimum atomic E-state index is -0.0471. The SMILES string of the molecule is CCCCCCCCCCCCCC=CC1OC12CCC(C(=O)OC)CC2. The van der Waals surface area contributed by atoms with Crippen molar-refractivity contribution in [2.24, 2.45) is 5.92 Å². The smallest absolute Gasteiger partial charge is 0.308 e. The second-order valence-electron chi connectivity index (χ2n) is 8.65. The monoisotopic (exact) mass is 378 g/mol. The Morgan fingerprint density at radius 1 is 0.963 bits per heavy atom. The van der Waals surface area contributed by atoms with Crippen LogP contribution in [0.25, 0.3) is 0 Å². The van der Waals surface area contributed by atoms with Gasteiger partial charge in [0.2, 0.25) is 0 Å². The molecule has 0 bridgehead atoms. The zero-order valence-corrected chi connectivity index (χ0v) is 17.8. The molecule has 2 rings (SSSR count). The van der Waals surface area contributed by atoms with Gasteiger partial charge in [0, 0.05) is 0 Å². The zero-order chi connectivity index (χ0) is 19.4. The Hall–Kier alpha value is -0.830. The van der Waals surface area contributed by atoms with Crippen LogP contribution < -0.4 is 0 Å². The molecule has 0 aromatic rings. The van der Waals surface area contributed by atoms with Crippen molar-refractivity contribution in [1.82, 2.24) is 0 Å². The van der Waals surface area contributed by atoms with Crippen LogP contribution in [0.2, 0.25) is 0 Å². The summed E-state index contributed by atoms with van der Waals surface area (Å²) in [6, 6.07) is 0. The normalized spacial score (nSPS) is 27.3. The Labute approximate surface area is 167 Å². The Morgan fingerprint density at radius 3 is 2.07 bits per heavy atom. The number of carbonyl (C=O) groups is 1. The van der Waals surface area contributed by atoms with Crippen LogP contribution in [-0.4, -0.2) is 24.8 Å². The molecular weight excluding hydrogens is 336 g/mol. The van der Waals surface area contributed by atoms with Crippen LogP contribution in [0.1, 0.15) is 110 Å². The molecular formula is C24H42O3. The molecule has 156 valence electrons. The van der Waals surface area contributed by atoms with Crippen molar-refractivity contribution in [2.75, 3.05) is 7.11 Å². The van der Waals surface area contributed by atoms with Crippen molar-refractivity contribution in [3.05, 3.63) is 12.2 Å². The van der Waals surface area contributed by atoms with E-state index in [4.69, 9.17) is 9.47 Å². The summed E-state index contributed by atoms with van der Waals surface area (Å²) >= 11 is 0. The highest BCUT2D eigenvalue weighted by Gasteiger charge is 2.56. The minimum absolute atomic E-state index is 0.0471. The topological polar surface area (TPSA) is 38.8 Å². The Bertz CT molecular complexity index is 435. The average Bonchev–Trinajstić information content (AvgIpc) is 3.36. The summed E-state index contributed by atoms with van der Waals surface area (Å²) in [4.78, 5) is 11.6. The summed E-state index contributed by atoms with van der Waals surface area (Å²) < 4.78 is 10.8. The molecule has 1 aliphatic carbocycles. The van der Waals surface area contributed by atoms with Crippen molar-refractivity contribution in [3.8, 4) is 0 Å². The number of epoxide rings is 1. The first kappa shape index (κ1) is 22.5. The van der Waals surface area contributed by atoms with Crippen LogP contribution in [-0.2, 0) is 14.3 Å². The van der Waals surface area contributed by atoms with E-state index >= 15 is 0 Å². The van der Waals surface area contributed by atoms with Crippen LogP contribution >= 0.6 is 0 Å². The standard InChI is InChI=1S/C24H42O3/c1-3-4-5-6-7-8-9-10-11-12-13-14-15-16-22-24(27-22)19-17-21(18-20-24)23(25)26-2/h15-16,21-22H,3-14,17-20H2,1-2H3. The number of unbranched alkanes of at least 4 members (excludes halogenated alkanes) is 11. The number of hydrogen-bond acceptors (Lipinski definition) is 3. The molecule has 1 atom stereocenters. The third-order valence-electron chi connectivity index (χ3n) is 6.47. The Kier molecular flexibility index (Phi) is 10.5. The largest absolute Gasteiger partial charge is 0.469 e. The fourth-order valence-corrected chi connectivity index (χ4v) is 4.49. The molecule has 1 spiro atoms. The molecule has 3 heteroatoms. The van der Waals surface area contributed by atoms with E-state index in [1.165, 1.54) is 84.2 Å². The molecule has 2 aliphatic rings. The quantitative estimate of drug-likeness (QED) is 0.145. The molecule has 1 aliphatic heterocycles. The van der Waals surface area contributed by atoms with Crippen LogP contribution in [0.15, 0.2) is 12.2 Å². The van der Waals surface area contributed by atoms with E-state index in [9.17, 15) is 4.79 Å². The van der Waals surface area contributed by atoms with Crippen LogP contribution in [0.4, 0.5) is 0 Å². The lowest BCUT2D eigenvalue weighted by Gasteiger charge is -2.24. The zero-order valence-electron chi connectivity index (χ0n) is 17.8. The number of carbonyl (C=O) groups excluding carboxylic acids is 1. The van der Waals surface area contributed by atoms with Crippen molar-refractivity contribution in [2.45, 2.75) is 121 Å². The molecule has 2 fully saturated rings. The summed E-state index contributed by atoms with van der Waals surface area (Å²) in [6.45, 7) is 2.28. The Morgan fingerprint density at radius 2 is 1.52 bits per heavy atom. The maximum atomic E-state index is 11.6. The van der Waals surface area contributed by atoms with E-state index in [1.807, 2.05) is 0 Å². The number of methoxy groups -OCH3 is 1. The van der Waals surface area contributed by atoms with Gasteiger partial charge in [0.1, 0.15) is 6.10 Å². The first-order valence-corrected chi connectivity index (χ1v) is 11.6. The summed E-state index contributed by atoms with van der Waals surface area (Å²) in [6.07, 6.45) is 25.3. The highest BCUT2D eigenvalue weighted by molar-refractivity contribution is 5.72. The van der Waals surface area contributed by atoms with Crippen molar-refractivity contribution < 1.29 is 14.3 Å². The van der Waals surface area contributed by atoms with Gasteiger partial charge in [-0.15, -0.1) is 0 Å². The summed E-state index contributed by atoms with van der Waals surface area (Å²) in [5.41, 5.74) is 0.0537. The van der Waals surface area contributed by atoms with Crippen molar-refractivity contribution in [3.63, 3.8) is 0 Å². The van der Waals surface area contributed by atoms with E-state index < -0.39 is 0 Å². The predicted octanol–water partition coefficient (Wildman–Crippen LogP) is 6.74. The van der Waals surface area contributed by atoms with Gasteiger partial charge in [-0.3, -0.25) is 4.79 Å². The van der Waals surface area contributed by atoms with Gasteiger partial charge in [-0.2, -0.15) is 0 Å². The van der Waals surface area contributed by atoms with Gasteiger partial charge in [0.25, 0.3) is 0 Å². The second kappa shape index (κ2) is 12.6. The van der Waals surface area contributed by atoms with Gasteiger partial charge in [-0.1, -0.05) is 83.3 Å². The number of allylic oxidation sites excluding steroid dienone is 1. The first-order chi connectivity index (χ1) is 13.2. The van der Waals surface area contributed by atoms with E-state index in [0.717, 1.165) is 25.7 Å². The molecule has 3 nitrogen and oxygen atoms in total. The molecule has 0 N–H and O–H groups in total. The van der Waals surface area contributed by atoms with Gasteiger partial charge in [-0.05, 0) is 38.5 Å². The fourth-order valence-electron chi connectivity index (χ4n) is 4.49. The molecule has 0 aromatic carbocycles. The number of hydrogen-bond donors (Lipinski definition) is 0. The van der Waals surface area contributed by atoms with Gasteiger partial charge in [0.15, 0.2) is 0 Å². The van der Waals surface area contributed by atoms with Crippen molar-refractivity contribution in [1.29, 1.82) is 0 Å². The molecule has 1 unspecified atom stereocenters. The third kappa shape index (κ3) is 7.97. The highest BCUT2D eigenvalue weighted by Crippen LogP contribution is 2.50. The van der Waals surface area contributed by atoms with E-state index in [0.29, 0.717) is 6.10 Å². The second-order valence-corrected chi connectivity index (χ2v) is 8.65. The lowest BCUT2D eigenvalue weighted by molar-refractivity contribution is -0.146. The maximum absolute atomic E-state index is 11.6. The summed E-state index contributed by atoms with van der Waals surface area (Å²) in [5, 5.41) is 0. The van der Waals surface area contributed by atoms with Crippen LogP contribution in [0, 0.1) is 5.92 Å². The molecule has 27 heavy (non-hydrogen) atoms. The lowest BCUT2D eigenvalue weighted by atomic mass is 9.80. The average molecular weight is 379 g/mol. The van der Waals surface area contributed by atoms with Crippen molar-refractivity contribution >= 4 is 5.97 Å². The van der Waals surface area contributed by atoms with E-state index in [2.05, 4.69) is 19.1 Å². The number of esters is 1. The first-order valence-electron chi connectivity index (χ1n) is 11.6. The van der Waals surface area contributed by atoms with Gasteiger partial charge in [0.05, 0.1) is 18.6 Å². The van der Waals surface area contributed by atoms with Crippen LogP contribution in [0.3, 0.4) is 0 Å². The number of rotatable bonds is 14. The highest BCUT2D eigenvalue weighted by atomic mass is 16.6. The Balaban J connectivity index is 1.41. The summed E-state index contributed by atoms with van der Waals surface area (Å²) in [7, 11) is 1.49.